The van der Waals surface area contributed by atoms with Crippen LogP contribution in [0.2, 0.25) is 0 Å². The van der Waals surface area contributed by atoms with Crippen LogP contribution in [-0.4, -0.2) is 23.9 Å². The summed E-state index contributed by atoms with van der Waals surface area (Å²) in [5, 5.41) is 0. The second kappa shape index (κ2) is 5.72. The zero-order valence-electron chi connectivity index (χ0n) is 12.9. The normalized spacial score (nSPS) is 30.8. The van der Waals surface area contributed by atoms with Crippen LogP contribution < -0.4 is 0 Å². The van der Waals surface area contributed by atoms with E-state index < -0.39 is 60.5 Å². The maximum absolute atomic E-state index is 14.6. The quantitative estimate of drug-likeness (QED) is 0.517. The molecule has 0 radical (unpaired) electrons. The maximum Gasteiger partial charge on any atom is 0.402 e. The monoisotopic (exact) mass is 358 g/mol. The van der Waals surface area contributed by atoms with Crippen LogP contribution in [0.1, 0.15) is 46.5 Å². The molecule has 0 bridgehead atoms. The van der Waals surface area contributed by atoms with E-state index in [4.69, 9.17) is 0 Å². The number of halogens is 9. The topological polar surface area (TPSA) is 0 Å². The van der Waals surface area contributed by atoms with E-state index in [2.05, 4.69) is 0 Å². The molecule has 0 amide bonds. The minimum Gasteiger partial charge on any atom is -0.243 e. The number of hydrogen-bond donors (Lipinski definition) is 0. The molecule has 1 rings (SSSR count). The molecule has 0 spiro atoms. The van der Waals surface area contributed by atoms with Crippen molar-refractivity contribution in [2.75, 3.05) is 0 Å². The first-order chi connectivity index (χ1) is 9.98. The van der Waals surface area contributed by atoms with Gasteiger partial charge in [0.2, 0.25) is 0 Å². The highest BCUT2D eigenvalue weighted by molar-refractivity contribution is 5.03. The predicted molar refractivity (Wildman–Crippen MR) is 65.8 cm³/mol. The lowest BCUT2D eigenvalue weighted by molar-refractivity contribution is -0.339. The molecule has 0 heterocycles. The number of alkyl halides is 9. The molecule has 0 aromatic rings. The minimum atomic E-state index is -5.59. The van der Waals surface area contributed by atoms with Crippen LogP contribution in [0.15, 0.2) is 0 Å². The molecule has 1 aliphatic carbocycles. The van der Waals surface area contributed by atoms with Crippen LogP contribution in [0.3, 0.4) is 0 Å². The van der Waals surface area contributed by atoms with E-state index in [1.807, 2.05) is 0 Å². The van der Waals surface area contributed by atoms with E-state index in [0.29, 0.717) is 6.92 Å². The molecular formula is C14H19F9. The van der Waals surface area contributed by atoms with Crippen molar-refractivity contribution in [1.29, 1.82) is 0 Å². The molecular weight excluding hydrogens is 339 g/mol. The Balaban J connectivity index is 3.10. The molecule has 1 aliphatic rings. The van der Waals surface area contributed by atoms with Gasteiger partial charge in [-0.1, -0.05) is 6.92 Å². The summed E-state index contributed by atoms with van der Waals surface area (Å²) in [5.41, 5.74) is -6.50. The molecule has 23 heavy (non-hydrogen) atoms. The predicted octanol–water partition coefficient (Wildman–Crippen LogP) is 6.31. The largest absolute Gasteiger partial charge is 0.402 e. The molecule has 0 aromatic carbocycles. The van der Waals surface area contributed by atoms with Gasteiger partial charge in [0.1, 0.15) is 5.67 Å². The van der Waals surface area contributed by atoms with Gasteiger partial charge in [0.25, 0.3) is 5.92 Å². The van der Waals surface area contributed by atoms with E-state index in [9.17, 15) is 39.5 Å². The van der Waals surface area contributed by atoms with E-state index >= 15 is 0 Å². The Morgan fingerprint density at radius 3 is 1.61 bits per heavy atom. The van der Waals surface area contributed by atoms with Crippen molar-refractivity contribution in [2.45, 2.75) is 70.4 Å². The van der Waals surface area contributed by atoms with Crippen molar-refractivity contribution in [3.63, 3.8) is 0 Å². The van der Waals surface area contributed by atoms with Crippen LogP contribution in [0, 0.1) is 17.3 Å². The average Bonchev–Trinajstić information content (AvgIpc) is 2.64. The third-order valence-electron chi connectivity index (χ3n) is 4.97. The van der Waals surface area contributed by atoms with Crippen LogP contribution in [0.5, 0.6) is 0 Å². The standard InChI is InChI=1S/C14H19F9/c1-4-12(17)7-8(5-9(12)11(3,15)16)6-10(2,13(18,19)20)14(21,22)23/h8-9H,4-7H2,1-3H3. The first kappa shape index (κ1) is 20.4. The van der Waals surface area contributed by atoms with Gasteiger partial charge >= 0.3 is 12.4 Å². The lowest BCUT2D eigenvalue weighted by Gasteiger charge is -2.36. The fourth-order valence-electron chi connectivity index (χ4n) is 3.43. The molecule has 1 fully saturated rings. The summed E-state index contributed by atoms with van der Waals surface area (Å²) in [6.45, 7) is 1.70. The highest BCUT2D eigenvalue weighted by Crippen LogP contribution is 2.59. The van der Waals surface area contributed by atoms with Crippen molar-refractivity contribution in [1.82, 2.24) is 0 Å². The number of hydrogen-bond acceptors (Lipinski definition) is 0. The highest BCUT2D eigenvalue weighted by Gasteiger charge is 2.69. The molecule has 0 saturated heterocycles. The second-order valence-corrected chi connectivity index (χ2v) is 6.73. The van der Waals surface area contributed by atoms with Gasteiger partial charge in [0, 0.05) is 0 Å². The Kier molecular flexibility index (Phi) is 5.08. The van der Waals surface area contributed by atoms with Crippen LogP contribution in [0.4, 0.5) is 39.5 Å². The summed E-state index contributed by atoms with van der Waals surface area (Å²) in [4.78, 5) is 0. The third-order valence-corrected chi connectivity index (χ3v) is 4.97. The molecule has 0 aromatic heterocycles. The molecule has 3 unspecified atom stereocenters. The molecule has 0 aliphatic heterocycles. The van der Waals surface area contributed by atoms with Gasteiger partial charge in [-0.25, -0.2) is 13.2 Å². The van der Waals surface area contributed by atoms with Crippen molar-refractivity contribution in [2.24, 2.45) is 17.3 Å². The van der Waals surface area contributed by atoms with Crippen LogP contribution in [0.25, 0.3) is 0 Å². The van der Waals surface area contributed by atoms with E-state index in [0.717, 1.165) is 0 Å². The first-order valence-corrected chi connectivity index (χ1v) is 7.18. The molecule has 9 heteroatoms. The van der Waals surface area contributed by atoms with E-state index in [1.54, 1.807) is 0 Å². The summed E-state index contributed by atoms with van der Waals surface area (Å²) in [7, 11) is 0. The van der Waals surface area contributed by atoms with Crippen molar-refractivity contribution < 1.29 is 39.5 Å². The van der Waals surface area contributed by atoms with Gasteiger partial charge < -0.3 is 0 Å². The average molecular weight is 358 g/mol. The van der Waals surface area contributed by atoms with Crippen LogP contribution in [-0.2, 0) is 0 Å². The van der Waals surface area contributed by atoms with Gasteiger partial charge in [-0.2, -0.15) is 26.3 Å². The maximum atomic E-state index is 14.6. The summed E-state index contributed by atoms with van der Waals surface area (Å²) >= 11 is 0. The number of rotatable bonds is 4. The summed E-state index contributed by atoms with van der Waals surface area (Å²) < 4.78 is 119. The van der Waals surface area contributed by atoms with Gasteiger partial charge in [0.05, 0.1) is 5.92 Å². The third kappa shape index (κ3) is 3.73. The molecule has 1 saturated carbocycles. The van der Waals surface area contributed by atoms with Gasteiger partial charge in [-0.05, 0) is 45.4 Å². The molecule has 3 atom stereocenters. The molecule has 138 valence electrons. The SMILES string of the molecule is CCC1(F)CC(CC(C)(C(F)(F)F)C(F)(F)F)CC1C(C)(F)F. The zero-order valence-corrected chi connectivity index (χ0v) is 12.9. The van der Waals surface area contributed by atoms with Crippen molar-refractivity contribution in [3.8, 4) is 0 Å². The Hall–Kier alpha value is -0.630. The van der Waals surface area contributed by atoms with E-state index in [1.165, 1.54) is 6.92 Å². The van der Waals surface area contributed by atoms with Crippen LogP contribution >= 0.6 is 0 Å². The minimum absolute atomic E-state index is 0.00370. The zero-order chi connectivity index (χ0) is 18.5. The second-order valence-electron chi connectivity index (χ2n) is 6.73. The van der Waals surface area contributed by atoms with E-state index in [-0.39, 0.29) is 13.3 Å². The molecule has 0 N–H and O–H groups in total. The van der Waals surface area contributed by atoms with Crippen molar-refractivity contribution >= 4 is 0 Å². The highest BCUT2D eigenvalue weighted by atomic mass is 19.4. The lowest BCUT2D eigenvalue weighted by Crippen LogP contribution is -2.48. The summed E-state index contributed by atoms with van der Waals surface area (Å²) in [6.07, 6.45) is -14.4. The Labute approximate surface area is 128 Å². The summed E-state index contributed by atoms with van der Waals surface area (Å²) in [6, 6.07) is 0. The smallest absolute Gasteiger partial charge is 0.243 e. The fourth-order valence-corrected chi connectivity index (χ4v) is 3.43. The Bertz CT molecular complexity index is 403. The van der Waals surface area contributed by atoms with Gasteiger partial charge in [-0.3, -0.25) is 0 Å². The lowest BCUT2D eigenvalue weighted by atomic mass is 9.78. The van der Waals surface area contributed by atoms with Gasteiger partial charge in [-0.15, -0.1) is 0 Å². The Morgan fingerprint density at radius 2 is 1.35 bits per heavy atom. The Morgan fingerprint density at radius 1 is 0.913 bits per heavy atom. The summed E-state index contributed by atoms with van der Waals surface area (Å²) in [5.74, 6) is -6.80. The van der Waals surface area contributed by atoms with Crippen molar-refractivity contribution in [3.05, 3.63) is 0 Å². The fraction of sp³-hybridized carbons (Fsp3) is 1.00. The van der Waals surface area contributed by atoms with Gasteiger partial charge in [0.15, 0.2) is 5.41 Å². The first-order valence-electron chi connectivity index (χ1n) is 7.18. The molecule has 0 nitrogen and oxygen atoms in total.